The summed E-state index contributed by atoms with van der Waals surface area (Å²) in [5, 5.41) is 6.77. The van der Waals surface area contributed by atoms with Gasteiger partial charge in [0.1, 0.15) is 29.1 Å². The van der Waals surface area contributed by atoms with Crippen molar-refractivity contribution in [3.63, 3.8) is 0 Å². The summed E-state index contributed by atoms with van der Waals surface area (Å²) in [6, 6.07) is 29.8. The molecule has 2 N–H and O–H groups in total. The van der Waals surface area contributed by atoms with Crippen LogP contribution in [0.4, 0.5) is 15.8 Å². The van der Waals surface area contributed by atoms with Gasteiger partial charge in [-0.25, -0.2) is 4.39 Å². The highest BCUT2D eigenvalue weighted by atomic mass is 79.9. The molecule has 2 atom stereocenters. The van der Waals surface area contributed by atoms with E-state index < -0.39 is 0 Å². The average Bonchev–Trinajstić information content (AvgIpc) is 3.62. The van der Waals surface area contributed by atoms with Crippen LogP contribution in [-0.4, -0.2) is 22.6 Å². The molecule has 7 nitrogen and oxygen atoms in total. The number of amides is 1. The molecule has 42 heavy (non-hydrogen) atoms. The third kappa shape index (κ3) is 5.90. The summed E-state index contributed by atoms with van der Waals surface area (Å²) in [7, 11) is 0. The molecular formula is C32H24BrFN4O3S. The summed E-state index contributed by atoms with van der Waals surface area (Å²) in [6.07, 6.45) is 1.74. The number of nitrogens with one attached hydrogen (secondary N) is 2. The van der Waals surface area contributed by atoms with Crippen LogP contribution in [0.2, 0.25) is 0 Å². The average molecular weight is 644 g/mol. The summed E-state index contributed by atoms with van der Waals surface area (Å²) in [5.41, 5.74) is 2.96. The van der Waals surface area contributed by atoms with Gasteiger partial charge in [-0.3, -0.25) is 9.78 Å². The highest BCUT2D eigenvalue weighted by Crippen LogP contribution is 2.43. The molecule has 1 aliphatic heterocycles. The Balaban J connectivity index is 1.26. The molecule has 6 rings (SSSR count). The van der Waals surface area contributed by atoms with Crippen molar-refractivity contribution < 1.29 is 18.3 Å². The van der Waals surface area contributed by atoms with Gasteiger partial charge in [-0.1, -0.05) is 24.3 Å². The number of benzene rings is 3. The Labute approximate surface area is 255 Å². The van der Waals surface area contributed by atoms with Gasteiger partial charge in [0.15, 0.2) is 11.7 Å². The molecule has 0 bridgehead atoms. The molecule has 0 aliphatic carbocycles. The Morgan fingerprint density at radius 2 is 1.81 bits per heavy atom. The van der Waals surface area contributed by atoms with Gasteiger partial charge in [-0.15, -0.1) is 0 Å². The zero-order chi connectivity index (χ0) is 29.1. The summed E-state index contributed by atoms with van der Waals surface area (Å²) < 4.78 is 26.2. The normalized spacial score (nSPS) is 16.2. The van der Waals surface area contributed by atoms with Crippen LogP contribution in [0.25, 0.3) is 11.3 Å². The van der Waals surface area contributed by atoms with Gasteiger partial charge in [0.05, 0.1) is 11.7 Å². The smallest absolute Gasteiger partial charge is 0.262 e. The summed E-state index contributed by atoms with van der Waals surface area (Å²) in [4.78, 5) is 19.0. The van der Waals surface area contributed by atoms with Gasteiger partial charge in [-0.2, -0.15) is 0 Å². The number of halogens is 2. The maximum Gasteiger partial charge on any atom is 0.262 e. The van der Waals surface area contributed by atoms with E-state index in [9.17, 15) is 9.18 Å². The molecule has 0 radical (unpaired) electrons. The zero-order valence-electron chi connectivity index (χ0n) is 22.0. The number of furan rings is 1. The first-order valence-corrected chi connectivity index (χ1v) is 14.3. The van der Waals surface area contributed by atoms with E-state index in [2.05, 4.69) is 31.5 Å². The number of hydrogen-bond acceptors (Lipinski definition) is 5. The summed E-state index contributed by atoms with van der Waals surface area (Å²) in [6.45, 7) is -0.106. The fourth-order valence-corrected chi connectivity index (χ4v) is 5.73. The van der Waals surface area contributed by atoms with Crippen LogP contribution >= 0.6 is 28.1 Å². The molecule has 1 aliphatic rings. The number of para-hydroxylation sites is 1. The largest absolute Gasteiger partial charge is 0.484 e. The van der Waals surface area contributed by atoms with E-state index in [-0.39, 0.29) is 30.4 Å². The Kier molecular flexibility index (Phi) is 7.98. The number of carbonyl (C=O) groups excluding carboxylic acids is 1. The molecule has 1 amide bonds. The Hall–Kier alpha value is -4.54. The van der Waals surface area contributed by atoms with E-state index in [0.29, 0.717) is 32.5 Å². The lowest BCUT2D eigenvalue weighted by molar-refractivity contribution is -0.118. The number of thiocarbonyl (C=S) groups is 1. The van der Waals surface area contributed by atoms with Gasteiger partial charge >= 0.3 is 0 Å². The number of anilines is 2. The molecule has 5 aromatic rings. The third-order valence-corrected chi connectivity index (χ3v) is 7.73. The van der Waals surface area contributed by atoms with E-state index >= 15 is 0 Å². The van der Waals surface area contributed by atoms with E-state index in [1.165, 1.54) is 12.1 Å². The molecule has 3 aromatic carbocycles. The predicted octanol–water partition coefficient (Wildman–Crippen LogP) is 7.44. The molecule has 210 valence electrons. The minimum absolute atomic E-state index is 0.106. The van der Waals surface area contributed by atoms with E-state index in [4.69, 9.17) is 21.4 Å². The first-order chi connectivity index (χ1) is 20.5. The number of rotatable bonds is 8. The summed E-state index contributed by atoms with van der Waals surface area (Å²) >= 11 is 9.24. The molecule has 0 saturated carbocycles. The van der Waals surface area contributed by atoms with Crippen molar-refractivity contribution in [2.45, 2.75) is 12.1 Å². The van der Waals surface area contributed by atoms with Gasteiger partial charge in [0.25, 0.3) is 5.91 Å². The molecule has 10 heteroatoms. The van der Waals surface area contributed by atoms with E-state index in [1.54, 1.807) is 24.4 Å². The highest BCUT2D eigenvalue weighted by Gasteiger charge is 2.42. The minimum Gasteiger partial charge on any atom is -0.484 e. The van der Waals surface area contributed by atoms with E-state index in [1.807, 2.05) is 77.7 Å². The highest BCUT2D eigenvalue weighted by molar-refractivity contribution is 9.10. The van der Waals surface area contributed by atoms with Gasteiger partial charge in [0, 0.05) is 27.6 Å². The Morgan fingerprint density at radius 1 is 1.02 bits per heavy atom. The number of nitrogens with zero attached hydrogens (tertiary/aromatic N) is 2. The van der Waals surface area contributed by atoms with Crippen molar-refractivity contribution >= 4 is 50.5 Å². The molecule has 3 heterocycles. The lowest BCUT2D eigenvalue weighted by Crippen LogP contribution is -2.29. The van der Waals surface area contributed by atoms with Gasteiger partial charge < -0.3 is 24.7 Å². The standard InChI is InChI=1S/C32H24BrFN4O3S/c33-25-18-20(34)9-14-24(25)27-15-16-28(41-27)31-30(26-8-4-5-17-35-26)37-32(42)38(31)22-12-10-21(11-13-22)36-29(39)19-40-23-6-2-1-3-7-23/h1-18,30-31H,19H2,(H,36,39)(H,37,42)/t30-,31-/m1/s1. The topological polar surface area (TPSA) is 79.6 Å². The van der Waals surface area contributed by atoms with Crippen LogP contribution in [0, 0.1) is 5.82 Å². The fraction of sp³-hybridized carbons (Fsp3) is 0.0938. The molecule has 2 aromatic heterocycles. The van der Waals surface area contributed by atoms with Gasteiger partial charge in [-0.05, 0) is 107 Å². The number of hydrogen-bond donors (Lipinski definition) is 2. The second-order valence-corrected chi connectivity index (χ2v) is 10.8. The second kappa shape index (κ2) is 12.1. The van der Waals surface area contributed by atoms with Crippen LogP contribution in [-0.2, 0) is 4.79 Å². The molecule has 0 spiro atoms. The van der Waals surface area contributed by atoms with Crippen LogP contribution in [0.5, 0.6) is 5.75 Å². The Bertz CT molecular complexity index is 1720. The third-order valence-electron chi connectivity index (χ3n) is 6.76. The number of aromatic nitrogens is 1. The lowest BCUT2D eigenvalue weighted by Gasteiger charge is -2.26. The van der Waals surface area contributed by atoms with Crippen LogP contribution in [0.1, 0.15) is 23.5 Å². The molecule has 1 fully saturated rings. The van der Waals surface area contributed by atoms with Gasteiger partial charge in [0.2, 0.25) is 0 Å². The maximum absolute atomic E-state index is 13.7. The minimum atomic E-state index is -0.375. The molecule has 0 unspecified atom stereocenters. The molecule has 1 saturated heterocycles. The van der Waals surface area contributed by atoms with Crippen molar-refractivity contribution in [3.8, 4) is 17.1 Å². The van der Waals surface area contributed by atoms with Crippen molar-refractivity contribution in [3.05, 3.63) is 131 Å². The van der Waals surface area contributed by atoms with Crippen molar-refractivity contribution in [2.75, 3.05) is 16.8 Å². The van der Waals surface area contributed by atoms with E-state index in [0.717, 1.165) is 16.9 Å². The number of carbonyl (C=O) groups is 1. The van der Waals surface area contributed by atoms with Crippen LogP contribution < -0.4 is 20.3 Å². The van der Waals surface area contributed by atoms with Crippen molar-refractivity contribution in [1.82, 2.24) is 10.3 Å². The molecular weight excluding hydrogens is 619 g/mol. The quantitative estimate of drug-likeness (QED) is 0.170. The number of pyridine rings is 1. The van der Waals surface area contributed by atoms with Crippen LogP contribution in [0.3, 0.4) is 0 Å². The SMILES string of the molecule is O=C(COc1ccccc1)Nc1ccc(N2C(=S)N[C@H](c3ccccn3)[C@H]2c2ccc(-c3ccc(F)cc3Br)o2)cc1. The van der Waals surface area contributed by atoms with Crippen molar-refractivity contribution in [2.24, 2.45) is 0 Å². The fourth-order valence-electron chi connectivity index (χ4n) is 4.84. The van der Waals surface area contributed by atoms with Crippen LogP contribution in [0.15, 0.2) is 118 Å². The first-order valence-electron chi connectivity index (χ1n) is 13.1. The summed E-state index contributed by atoms with van der Waals surface area (Å²) in [5.74, 6) is 1.25. The predicted molar refractivity (Wildman–Crippen MR) is 167 cm³/mol. The lowest BCUT2D eigenvalue weighted by atomic mass is 10.0. The van der Waals surface area contributed by atoms with Crippen molar-refractivity contribution in [1.29, 1.82) is 0 Å². The monoisotopic (exact) mass is 642 g/mol. The first kappa shape index (κ1) is 27.6. The second-order valence-electron chi connectivity index (χ2n) is 9.52. The zero-order valence-corrected chi connectivity index (χ0v) is 24.4. The number of ether oxygens (including phenoxy) is 1. The maximum atomic E-state index is 13.7. The Morgan fingerprint density at radius 3 is 2.55 bits per heavy atom.